The fourth-order valence-electron chi connectivity index (χ4n) is 10.1. The lowest BCUT2D eigenvalue weighted by molar-refractivity contribution is 0.477. The third-order valence-corrected chi connectivity index (χ3v) is 13.3. The summed E-state index contributed by atoms with van der Waals surface area (Å²) in [5.74, 6) is 3.39. The van der Waals surface area contributed by atoms with E-state index in [9.17, 15) is 0 Å². The summed E-state index contributed by atoms with van der Waals surface area (Å²) in [6.45, 7) is 4.64. The van der Waals surface area contributed by atoms with Crippen LogP contribution in [0.2, 0.25) is 0 Å². The van der Waals surface area contributed by atoms with E-state index in [0.717, 1.165) is 83.9 Å². The second-order valence-corrected chi connectivity index (χ2v) is 17.5. The van der Waals surface area contributed by atoms with Gasteiger partial charge in [-0.15, -0.1) is 0 Å². The predicted octanol–water partition coefficient (Wildman–Crippen LogP) is 14.9. The van der Waals surface area contributed by atoms with E-state index in [1.54, 1.807) is 0 Å². The highest BCUT2D eigenvalue weighted by molar-refractivity contribution is 6.10. The molecule has 0 N–H and O–H groups in total. The molecule has 8 aromatic carbocycles. The summed E-state index contributed by atoms with van der Waals surface area (Å²) in [6.07, 6.45) is 1.84. The van der Waals surface area contributed by atoms with Crippen molar-refractivity contribution in [3.8, 4) is 73.7 Å². The SMILES string of the molecule is CC1(C)c2ccccc2-c2cc3c(cc21)N(c1cccc(-c2ccccn2)c1)c1ccc(-c2ccc4c(c2)c2ccccc2n4-c2nc(-c4ccccc4)nc(-c4ccccc4)n2)cc1O3. The maximum Gasteiger partial charge on any atom is 0.238 e. The van der Waals surface area contributed by atoms with E-state index < -0.39 is 0 Å². The molecule has 0 saturated carbocycles. The first kappa shape index (κ1) is 37.8. The van der Waals surface area contributed by atoms with Crippen molar-refractivity contribution in [1.82, 2.24) is 24.5 Å². The third kappa shape index (κ3) is 5.97. The molecule has 0 bridgehead atoms. The summed E-state index contributed by atoms with van der Waals surface area (Å²) in [7, 11) is 0. The molecule has 0 spiro atoms. The Balaban J connectivity index is 0.961. The minimum absolute atomic E-state index is 0.174. The number of fused-ring (bicyclic) bond motifs is 8. The molecule has 1 aliphatic heterocycles. The lowest BCUT2D eigenvalue weighted by Gasteiger charge is -2.35. The normalized spacial score (nSPS) is 13.2. The Kier molecular flexibility index (Phi) is 8.42. The number of rotatable bonds is 6. The van der Waals surface area contributed by atoms with Gasteiger partial charge in [0.2, 0.25) is 5.95 Å². The molecule has 3 aromatic heterocycles. The number of ether oxygens (including phenoxy) is 1. The van der Waals surface area contributed by atoms with Crippen LogP contribution in [0, 0.1) is 0 Å². The number of pyridine rings is 1. The Morgan fingerprint density at radius 3 is 1.89 bits per heavy atom. The average molecular weight is 849 g/mol. The van der Waals surface area contributed by atoms with E-state index in [-0.39, 0.29) is 5.41 Å². The summed E-state index contributed by atoms with van der Waals surface area (Å²) in [5.41, 5.74) is 15.9. The lowest BCUT2D eigenvalue weighted by Crippen LogP contribution is -2.19. The molecular formula is C59H40N6O. The first-order chi connectivity index (χ1) is 32.5. The molecule has 1 aliphatic carbocycles. The zero-order chi connectivity index (χ0) is 43.9. The quantitative estimate of drug-likeness (QED) is 0.166. The molecule has 312 valence electrons. The van der Waals surface area contributed by atoms with Crippen LogP contribution in [-0.2, 0) is 5.41 Å². The van der Waals surface area contributed by atoms with Gasteiger partial charge < -0.3 is 9.64 Å². The molecule has 4 heterocycles. The molecule has 66 heavy (non-hydrogen) atoms. The minimum Gasteiger partial charge on any atom is -0.453 e. The first-order valence-corrected chi connectivity index (χ1v) is 22.3. The highest BCUT2D eigenvalue weighted by Crippen LogP contribution is 2.57. The van der Waals surface area contributed by atoms with E-state index in [1.807, 2.05) is 79.0 Å². The molecule has 7 heteroatoms. The Labute approximate surface area is 382 Å². The van der Waals surface area contributed by atoms with Crippen LogP contribution < -0.4 is 9.64 Å². The Morgan fingerprint density at radius 2 is 1.11 bits per heavy atom. The number of hydrogen-bond donors (Lipinski definition) is 0. The van der Waals surface area contributed by atoms with Gasteiger partial charge in [-0.1, -0.05) is 147 Å². The Hall–Kier alpha value is -8.68. The number of para-hydroxylation sites is 1. The molecule has 13 rings (SSSR count). The highest BCUT2D eigenvalue weighted by Gasteiger charge is 2.38. The van der Waals surface area contributed by atoms with Crippen molar-refractivity contribution in [3.05, 3.63) is 218 Å². The summed E-state index contributed by atoms with van der Waals surface area (Å²) in [6, 6.07) is 70.0. The van der Waals surface area contributed by atoms with Gasteiger partial charge in [0, 0.05) is 44.8 Å². The van der Waals surface area contributed by atoms with Crippen LogP contribution in [0.4, 0.5) is 17.1 Å². The topological polar surface area (TPSA) is 69.0 Å². The fourth-order valence-corrected chi connectivity index (χ4v) is 10.1. The van der Waals surface area contributed by atoms with Crippen molar-refractivity contribution in [2.75, 3.05) is 4.90 Å². The molecule has 2 aliphatic rings. The van der Waals surface area contributed by atoms with Crippen molar-refractivity contribution in [3.63, 3.8) is 0 Å². The van der Waals surface area contributed by atoms with Crippen molar-refractivity contribution < 1.29 is 4.74 Å². The van der Waals surface area contributed by atoms with Crippen LogP contribution >= 0.6 is 0 Å². The highest BCUT2D eigenvalue weighted by atomic mass is 16.5. The van der Waals surface area contributed by atoms with Crippen LogP contribution in [0.25, 0.3) is 84.0 Å². The van der Waals surface area contributed by atoms with Gasteiger partial charge in [-0.2, -0.15) is 9.97 Å². The van der Waals surface area contributed by atoms with Crippen LogP contribution in [-0.4, -0.2) is 24.5 Å². The van der Waals surface area contributed by atoms with Crippen LogP contribution in [0.5, 0.6) is 11.5 Å². The second-order valence-electron chi connectivity index (χ2n) is 17.5. The molecule has 7 nitrogen and oxygen atoms in total. The lowest BCUT2D eigenvalue weighted by atomic mass is 9.82. The molecule has 0 atom stereocenters. The number of benzene rings is 8. The number of aromatic nitrogens is 5. The van der Waals surface area contributed by atoms with Crippen molar-refractivity contribution >= 4 is 38.9 Å². The molecular weight excluding hydrogens is 809 g/mol. The van der Waals surface area contributed by atoms with Gasteiger partial charge in [-0.25, -0.2) is 4.98 Å². The maximum atomic E-state index is 7.05. The summed E-state index contributed by atoms with van der Waals surface area (Å²) in [4.78, 5) is 22.3. The van der Waals surface area contributed by atoms with Gasteiger partial charge in [0.05, 0.1) is 28.1 Å². The van der Waals surface area contributed by atoms with E-state index in [0.29, 0.717) is 17.6 Å². The van der Waals surface area contributed by atoms with Crippen LogP contribution in [0.15, 0.2) is 206 Å². The summed E-state index contributed by atoms with van der Waals surface area (Å²) < 4.78 is 9.21. The van der Waals surface area contributed by atoms with Gasteiger partial charge >= 0.3 is 0 Å². The molecule has 11 aromatic rings. The van der Waals surface area contributed by atoms with Gasteiger partial charge in [-0.3, -0.25) is 9.55 Å². The van der Waals surface area contributed by atoms with Crippen molar-refractivity contribution in [1.29, 1.82) is 0 Å². The third-order valence-electron chi connectivity index (χ3n) is 13.3. The molecule has 0 saturated heterocycles. The maximum absolute atomic E-state index is 7.05. The Morgan fingerprint density at radius 1 is 0.439 bits per heavy atom. The molecule has 0 amide bonds. The summed E-state index contributed by atoms with van der Waals surface area (Å²) >= 11 is 0. The van der Waals surface area contributed by atoms with Crippen LogP contribution in [0.3, 0.4) is 0 Å². The predicted molar refractivity (Wildman–Crippen MR) is 266 cm³/mol. The first-order valence-electron chi connectivity index (χ1n) is 22.3. The zero-order valence-electron chi connectivity index (χ0n) is 36.2. The summed E-state index contributed by atoms with van der Waals surface area (Å²) in [5, 5.41) is 2.20. The fraction of sp³-hybridized carbons (Fsp3) is 0.0508. The van der Waals surface area contributed by atoms with E-state index in [4.69, 9.17) is 24.7 Å². The monoisotopic (exact) mass is 848 g/mol. The molecule has 0 fully saturated rings. The van der Waals surface area contributed by atoms with Gasteiger partial charge in [0.1, 0.15) is 0 Å². The Bertz CT molecular complexity index is 3660. The number of hydrogen-bond acceptors (Lipinski definition) is 6. The number of anilines is 3. The van der Waals surface area contributed by atoms with E-state index in [1.165, 1.54) is 22.3 Å². The minimum atomic E-state index is -0.174. The largest absolute Gasteiger partial charge is 0.453 e. The van der Waals surface area contributed by atoms with Crippen molar-refractivity contribution in [2.45, 2.75) is 19.3 Å². The van der Waals surface area contributed by atoms with E-state index in [2.05, 4.69) is 151 Å². The van der Waals surface area contributed by atoms with Gasteiger partial charge in [-0.05, 0) is 100 Å². The van der Waals surface area contributed by atoms with Gasteiger partial charge in [0.15, 0.2) is 23.1 Å². The average Bonchev–Trinajstić information content (AvgIpc) is 3.82. The standard InChI is InChI=1S/C59H40N6O/c1-59(2)47-24-11-9-22-43(47)45-35-55-53(36-48(45)59)64(42-21-15-20-41(32-42)49-25-13-14-31-60-49)52-30-28-40(34-54(52)66-55)39-27-29-51-46(33-39)44-23-10-12-26-50(44)65(51)58-62-56(37-16-5-3-6-17-37)61-57(63-58)38-18-7-4-8-19-38/h3-36H,1-2H3. The van der Waals surface area contributed by atoms with Crippen molar-refractivity contribution in [2.24, 2.45) is 0 Å². The second kappa shape index (κ2) is 14.7. The molecule has 0 unspecified atom stereocenters. The van der Waals surface area contributed by atoms with Gasteiger partial charge in [0.25, 0.3) is 0 Å². The number of nitrogens with zero attached hydrogens (tertiary/aromatic N) is 6. The molecule has 0 radical (unpaired) electrons. The smallest absolute Gasteiger partial charge is 0.238 e. The zero-order valence-corrected chi connectivity index (χ0v) is 36.2. The van der Waals surface area contributed by atoms with Crippen LogP contribution in [0.1, 0.15) is 25.0 Å². The van der Waals surface area contributed by atoms with E-state index >= 15 is 0 Å².